The topological polar surface area (TPSA) is 17.1 Å². The van der Waals surface area contributed by atoms with Gasteiger partial charge >= 0.3 is 6.04 Å². The van der Waals surface area contributed by atoms with E-state index in [0.717, 1.165) is 5.92 Å². The Morgan fingerprint density at radius 3 is 2.19 bits per heavy atom. The van der Waals surface area contributed by atoms with Gasteiger partial charge in [0.1, 0.15) is 0 Å². The van der Waals surface area contributed by atoms with Gasteiger partial charge in [-0.3, -0.25) is 4.79 Å². The van der Waals surface area contributed by atoms with E-state index in [2.05, 4.69) is 6.92 Å². The first-order valence-electron chi connectivity index (χ1n) is 5.96. The van der Waals surface area contributed by atoms with Crippen LogP contribution in [0, 0.1) is 5.92 Å². The summed E-state index contributed by atoms with van der Waals surface area (Å²) in [6.07, 6.45) is 4.97. The van der Waals surface area contributed by atoms with Crippen molar-refractivity contribution >= 4 is 6.04 Å². The number of hydrogen-bond acceptors (Lipinski definition) is 1. The van der Waals surface area contributed by atoms with E-state index in [1.165, 1.54) is 31.2 Å². The summed E-state index contributed by atoms with van der Waals surface area (Å²) in [5.74, 6) is 1.43. The number of carbonyl (C=O) groups excluding carboxylic acids is 1. The Labute approximate surface area is 95.7 Å². The molecule has 0 radical (unpaired) electrons. The van der Waals surface area contributed by atoms with Gasteiger partial charge < -0.3 is 0 Å². The molecule has 1 fully saturated rings. The molecular weight excluding hydrogens is 203 g/mol. The van der Waals surface area contributed by atoms with Crippen LogP contribution in [-0.2, 0) is 0 Å². The fraction of sp³-hybridized carbons (Fsp3) is 0.500. The summed E-state index contributed by atoms with van der Waals surface area (Å²) in [6, 6.07) is 5.63. The zero-order valence-corrected chi connectivity index (χ0v) is 9.58. The Hall–Kier alpha value is -1.18. The molecule has 1 aliphatic rings. The summed E-state index contributed by atoms with van der Waals surface area (Å²) >= 11 is 0. The molecule has 1 saturated carbocycles. The smallest absolute Gasteiger partial charge is 0.255 e. The molecule has 1 aromatic carbocycles. The molecule has 0 amide bonds. The lowest BCUT2D eigenvalue weighted by atomic mass is 9.79. The Morgan fingerprint density at radius 1 is 1.12 bits per heavy atom. The van der Waals surface area contributed by atoms with Gasteiger partial charge in [-0.1, -0.05) is 31.9 Å². The van der Waals surface area contributed by atoms with Gasteiger partial charge in [0.15, 0.2) is 0 Å². The van der Waals surface area contributed by atoms with E-state index in [4.69, 9.17) is 0 Å². The first kappa shape index (κ1) is 11.3. The molecule has 1 aromatic rings. The van der Waals surface area contributed by atoms with Gasteiger partial charge in [-0.25, -0.2) is 0 Å². The molecule has 0 atom stereocenters. The summed E-state index contributed by atoms with van der Waals surface area (Å²) in [6.45, 7) is 2.29. The van der Waals surface area contributed by atoms with Gasteiger partial charge in [-0.2, -0.15) is 4.39 Å². The lowest BCUT2D eigenvalue weighted by molar-refractivity contribution is 0.0836. The normalized spacial score (nSPS) is 25.4. The molecule has 1 nitrogen and oxygen atoms in total. The lowest BCUT2D eigenvalue weighted by Gasteiger charge is -2.26. The van der Waals surface area contributed by atoms with Crippen LogP contribution in [0.1, 0.15) is 54.4 Å². The standard InChI is InChI=1S/C14H17FO/c1-10-2-4-11(5-3-10)12-6-8-13(9-7-12)14(15)16/h6-11H,2-5H2,1H3. The van der Waals surface area contributed by atoms with E-state index in [-0.39, 0.29) is 5.56 Å². The van der Waals surface area contributed by atoms with Crippen molar-refractivity contribution in [2.45, 2.75) is 38.5 Å². The number of hydrogen-bond donors (Lipinski definition) is 0. The Morgan fingerprint density at radius 2 is 1.69 bits per heavy atom. The maximum atomic E-state index is 12.4. The molecule has 0 unspecified atom stereocenters. The van der Waals surface area contributed by atoms with E-state index in [1.807, 2.05) is 12.1 Å². The molecule has 0 heterocycles. The highest BCUT2D eigenvalue weighted by Gasteiger charge is 2.19. The van der Waals surface area contributed by atoms with Crippen LogP contribution in [0.15, 0.2) is 24.3 Å². The van der Waals surface area contributed by atoms with E-state index in [1.54, 1.807) is 12.1 Å². The molecule has 2 heteroatoms. The van der Waals surface area contributed by atoms with Gasteiger partial charge in [0.05, 0.1) is 5.56 Å². The van der Waals surface area contributed by atoms with Crippen LogP contribution in [0.4, 0.5) is 4.39 Å². The molecule has 0 aromatic heterocycles. The zero-order chi connectivity index (χ0) is 11.5. The maximum absolute atomic E-state index is 12.4. The van der Waals surface area contributed by atoms with Crippen molar-refractivity contribution in [2.24, 2.45) is 5.92 Å². The van der Waals surface area contributed by atoms with Gasteiger partial charge in [0.2, 0.25) is 0 Å². The minimum Gasteiger partial charge on any atom is -0.255 e. The largest absolute Gasteiger partial charge is 0.332 e. The Balaban J connectivity index is 2.07. The molecule has 0 N–H and O–H groups in total. The number of halogens is 1. The van der Waals surface area contributed by atoms with E-state index < -0.39 is 6.04 Å². The highest BCUT2D eigenvalue weighted by Crippen LogP contribution is 2.35. The minimum absolute atomic E-state index is 0.160. The third-order valence-corrected chi connectivity index (χ3v) is 3.62. The number of rotatable bonds is 2. The Bertz CT molecular complexity index is 361. The van der Waals surface area contributed by atoms with Gasteiger partial charge in [-0.15, -0.1) is 0 Å². The quantitative estimate of drug-likeness (QED) is 0.686. The average Bonchev–Trinajstić information content (AvgIpc) is 2.30. The first-order chi connectivity index (χ1) is 7.66. The van der Waals surface area contributed by atoms with Crippen molar-refractivity contribution in [3.8, 4) is 0 Å². The fourth-order valence-corrected chi connectivity index (χ4v) is 2.48. The van der Waals surface area contributed by atoms with Crippen LogP contribution in [0.5, 0.6) is 0 Å². The average molecular weight is 220 g/mol. The highest BCUT2D eigenvalue weighted by atomic mass is 19.1. The van der Waals surface area contributed by atoms with Crippen LogP contribution in [0.25, 0.3) is 0 Å². The van der Waals surface area contributed by atoms with Gasteiger partial charge in [-0.05, 0) is 42.4 Å². The van der Waals surface area contributed by atoms with Gasteiger partial charge in [0.25, 0.3) is 0 Å². The summed E-state index contributed by atoms with van der Waals surface area (Å²) in [7, 11) is 0. The lowest BCUT2D eigenvalue weighted by Crippen LogP contribution is -2.10. The summed E-state index contributed by atoms with van der Waals surface area (Å²) < 4.78 is 12.4. The van der Waals surface area contributed by atoms with Crippen molar-refractivity contribution in [1.29, 1.82) is 0 Å². The van der Waals surface area contributed by atoms with E-state index in [0.29, 0.717) is 5.92 Å². The molecule has 86 valence electrons. The number of benzene rings is 1. The van der Waals surface area contributed by atoms with Crippen molar-refractivity contribution < 1.29 is 9.18 Å². The van der Waals surface area contributed by atoms with E-state index >= 15 is 0 Å². The molecule has 1 aliphatic carbocycles. The SMILES string of the molecule is CC1CCC(c2ccc(C(=O)F)cc2)CC1. The van der Waals surface area contributed by atoms with Gasteiger partial charge in [0, 0.05) is 0 Å². The van der Waals surface area contributed by atoms with Crippen molar-refractivity contribution in [3.05, 3.63) is 35.4 Å². The zero-order valence-electron chi connectivity index (χ0n) is 9.58. The Kier molecular flexibility index (Phi) is 3.37. The second-order valence-electron chi connectivity index (χ2n) is 4.85. The third kappa shape index (κ3) is 2.49. The van der Waals surface area contributed by atoms with Crippen LogP contribution in [0.3, 0.4) is 0 Å². The molecule has 0 aliphatic heterocycles. The number of carbonyl (C=O) groups is 1. The molecule has 0 saturated heterocycles. The third-order valence-electron chi connectivity index (χ3n) is 3.62. The summed E-state index contributed by atoms with van der Waals surface area (Å²) in [4.78, 5) is 10.5. The van der Waals surface area contributed by atoms with Crippen molar-refractivity contribution in [2.75, 3.05) is 0 Å². The van der Waals surface area contributed by atoms with Crippen LogP contribution in [-0.4, -0.2) is 6.04 Å². The molecular formula is C14H17FO. The van der Waals surface area contributed by atoms with Crippen LogP contribution < -0.4 is 0 Å². The molecule has 16 heavy (non-hydrogen) atoms. The minimum atomic E-state index is -1.34. The molecule has 0 spiro atoms. The summed E-state index contributed by atoms with van der Waals surface area (Å²) in [5.41, 5.74) is 1.41. The van der Waals surface area contributed by atoms with Crippen molar-refractivity contribution in [3.63, 3.8) is 0 Å². The second-order valence-corrected chi connectivity index (χ2v) is 4.85. The van der Waals surface area contributed by atoms with Crippen LogP contribution >= 0.6 is 0 Å². The second kappa shape index (κ2) is 4.77. The molecule has 0 bridgehead atoms. The predicted octanol–water partition coefficient (Wildman–Crippen LogP) is 4.09. The highest BCUT2D eigenvalue weighted by molar-refractivity contribution is 5.88. The maximum Gasteiger partial charge on any atom is 0.332 e. The molecule has 2 rings (SSSR count). The summed E-state index contributed by atoms with van der Waals surface area (Å²) in [5, 5.41) is 0. The van der Waals surface area contributed by atoms with Crippen LogP contribution in [0.2, 0.25) is 0 Å². The van der Waals surface area contributed by atoms with E-state index in [9.17, 15) is 9.18 Å². The monoisotopic (exact) mass is 220 g/mol. The predicted molar refractivity (Wildman–Crippen MR) is 62.3 cm³/mol. The fourth-order valence-electron chi connectivity index (χ4n) is 2.48. The van der Waals surface area contributed by atoms with Crippen molar-refractivity contribution in [1.82, 2.24) is 0 Å². The first-order valence-corrected chi connectivity index (χ1v) is 5.96.